The van der Waals surface area contributed by atoms with Crippen LogP contribution in [0.1, 0.15) is 22.3 Å². The van der Waals surface area contributed by atoms with Gasteiger partial charge in [-0.3, -0.25) is 0 Å². The third-order valence-corrected chi connectivity index (χ3v) is 4.26. The molecule has 0 saturated heterocycles. The van der Waals surface area contributed by atoms with Crippen LogP contribution in [0.4, 0.5) is 52.7 Å². The molecule has 4 nitrogen and oxygen atoms in total. The molecule has 1 aliphatic carbocycles. The van der Waals surface area contributed by atoms with Crippen molar-refractivity contribution in [3.05, 3.63) is 46.5 Å². The Balaban J connectivity index is 2.39. The lowest BCUT2D eigenvalue weighted by Crippen LogP contribution is -2.20. The number of alkyl halides is 12. The van der Waals surface area contributed by atoms with E-state index in [1.165, 1.54) is 0 Å². The molecule has 0 aliphatic heterocycles. The second-order valence-corrected chi connectivity index (χ2v) is 6.44. The Morgan fingerprint density at radius 2 is 0.941 bits per heavy atom. The maximum atomic E-state index is 13.4. The third kappa shape index (κ3) is 4.97. The summed E-state index contributed by atoms with van der Waals surface area (Å²) in [7, 11) is 0. The van der Waals surface area contributed by atoms with E-state index in [4.69, 9.17) is 5.26 Å². The van der Waals surface area contributed by atoms with Crippen LogP contribution in [0, 0.1) is 11.5 Å². The minimum absolute atomic E-state index is 0.0319. The van der Waals surface area contributed by atoms with Crippen molar-refractivity contribution >= 4 is 5.71 Å². The smallest absolute Gasteiger partial charge is 0.405 e. The van der Waals surface area contributed by atoms with Gasteiger partial charge in [-0.2, -0.15) is 36.6 Å². The molecule has 0 bridgehead atoms. The van der Waals surface area contributed by atoms with E-state index in [2.05, 4.69) is 14.5 Å². The summed E-state index contributed by atoms with van der Waals surface area (Å²) in [5.74, 6) is -3.66. The number of nitrogens with zero attached hydrogens (tertiary/aromatic N) is 2. The monoisotopic (exact) mass is 508 g/mol. The summed E-state index contributed by atoms with van der Waals surface area (Å²) >= 11 is 0. The van der Waals surface area contributed by atoms with Gasteiger partial charge in [-0.15, -0.1) is 26.3 Å². The summed E-state index contributed by atoms with van der Waals surface area (Å²) in [5, 5.41) is 8.82. The lowest BCUT2D eigenvalue weighted by molar-refractivity contribution is -0.277. The number of ether oxygens (including phenoxy) is 2. The molecule has 2 aromatic rings. The fourth-order valence-corrected chi connectivity index (χ4v) is 3.17. The quantitative estimate of drug-likeness (QED) is 0.282. The molecule has 0 atom stereocenters. The van der Waals surface area contributed by atoms with Gasteiger partial charge in [-0.25, -0.2) is 0 Å². The van der Waals surface area contributed by atoms with Crippen LogP contribution in [0.2, 0.25) is 0 Å². The topological polar surface area (TPSA) is 54.6 Å². The van der Waals surface area contributed by atoms with E-state index in [0.29, 0.717) is 0 Å². The maximum absolute atomic E-state index is 13.4. The van der Waals surface area contributed by atoms with Crippen LogP contribution in [0.5, 0.6) is 11.5 Å². The number of benzene rings is 2. The molecule has 0 saturated carbocycles. The first-order valence-corrected chi connectivity index (χ1v) is 8.31. The number of hydrogen-bond acceptors (Lipinski definition) is 4. The molecule has 182 valence electrons. The second kappa shape index (κ2) is 7.71. The van der Waals surface area contributed by atoms with Crippen molar-refractivity contribution in [2.45, 2.75) is 25.1 Å². The first-order chi connectivity index (χ1) is 15.3. The van der Waals surface area contributed by atoms with Crippen LogP contribution in [0.3, 0.4) is 0 Å². The highest BCUT2D eigenvalue weighted by atomic mass is 19.4. The van der Waals surface area contributed by atoms with Gasteiger partial charge < -0.3 is 9.47 Å². The van der Waals surface area contributed by atoms with E-state index in [-0.39, 0.29) is 24.3 Å². The van der Waals surface area contributed by atoms with Gasteiger partial charge >= 0.3 is 25.1 Å². The van der Waals surface area contributed by atoms with Crippen molar-refractivity contribution in [3.63, 3.8) is 0 Å². The van der Waals surface area contributed by atoms with Gasteiger partial charge in [0.25, 0.3) is 0 Å². The normalized spacial score (nSPS) is 13.8. The molecule has 0 spiro atoms. The molecule has 0 radical (unpaired) electrons. The SMILES string of the molecule is N#CN=C1c2cc(C(F)(F)F)c(OC(F)(F)F)cc2-c2cc(OC(F)(F)F)c(C(F)(F)F)cc21. The molecule has 16 heteroatoms. The van der Waals surface area contributed by atoms with Crippen molar-refractivity contribution in [3.8, 4) is 28.8 Å². The summed E-state index contributed by atoms with van der Waals surface area (Å²) in [4.78, 5) is 3.12. The van der Waals surface area contributed by atoms with E-state index in [9.17, 15) is 52.7 Å². The Bertz CT molecular complexity index is 1130. The second-order valence-electron chi connectivity index (χ2n) is 6.44. The number of hydrogen-bond donors (Lipinski definition) is 0. The van der Waals surface area contributed by atoms with Crippen LogP contribution < -0.4 is 9.47 Å². The lowest BCUT2D eigenvalue weighted by Gasteiger charge is -2.18. The van der Waals surface area contributed by atoms with Crippen molar-refractivity contribution in [2.75, 3.05) is 0 Å². The van der Waals surface area contributed by atoms with Gasteiger partial charge in [-0.05, 0) is 35.4 Å². The predicted octanol–water partition coefficient (Wildman–Crippen LogP) is 6.82. The van der Waals surface area contributed by atoms with Crippen molar-refractivity contribution in [2.24, 2.45) is 4.99 Å². The largest absolute Gasteiger partial charge is 0.573 e. The molecule has 1 aliphatic rings. The fourth-order valence-electron chi connectivity index (χ4n) is 3.17. The third-order valence-electron chi connectivity index (χ3n) is 4.26. The zero-order chi connectivity index (χ0) is 25.9. The predicted molar refractivity (Wildman–Crippen MR) is 86.5 cm³/mol. The van der Waals surface area contributed by atoms with Crippen molar-refractivity contribution in [1.82, 2.24) is 0 Å². The average Bonchev–Trinajstić information content (AvgIpc) is 2.89. The molecular weight excluding hydrogens is 504 g/mol. The molecule has 0 heterocycles. The van der Waals surface area contributed by atoms with Crippen LogP contribution in [0.25, 0.3) is 11.1 Å². The number of fused-ring (bicyclic) bond motifs is 3. The van der Waals surface area contributed by atoms with E-state index in [0.717, 1.165) is 6.19 Å². The van der Waals surface area contributed by atoms with Crippen LogP contribution in [-0.2, 0) is 12.4 Å². The standard InChI is InChI=1S/C18H4F12N2O2/c19-15(20,21)10-1-8-6(3-12(10)33-17(25,26)27)7-4-13(34-18(28,29)30)11(16(22,23)24)2-9(7)14(8)32-5-31/h1-4H. The minimum Gasteiger partial charge on any atom is -0.405 e. The van der Waals surface area contributed by atoms with Gasteiger partial charge in [0, 0.05) is 11.1 Å². The summed E-state index contributed by atoms with van der Waals surface area (Å²) in [5.41, 5.74) is -7.85. The highest BCUT2D eigenvalue weighted by molar-refractivity contribution is 6.25. The molecule has 0 unspecified atom stereocenters. The number of rotatable bonds is 2. The Morgan fingerprint density at radius 1 is 0.588 bits per heavy atom. The van der Waals surface area contributed by atoms with Gasteiger partial charge in [0.15, 0.2) is 0 Å². The number of halogens is 12. The molecule has 34 heavy (non-hydrogen) atoms. The Hall–Kier alpha value is -3.64. The zero-order valence-corrected chi connectivity index (χ0v) is 15.6. The Labute approximate surface area is 179 Å². The van der Waals surface area contributed by atoms with E-state index in [1.807, 2.05) is 0 Å². The Morgan fingerprint density at radius 3 is 1.21 bits per heavy atom. The van der Waals surface area contributed by atoms with Gasteiger partial charge in [-0.1, -0.05) is 0 Å². The summed E-state index contributed by atoms with van der Waals surface area (Å²) in [6, 6.07) is 0.304. The van der Waals surface area contributed by atoms with Gasteiger partial charge in [0.05, 0.1) is 16.8 Å². The summed E-state index contributed by atoms with van der Waals surface area (Å²) in [6.45, 7) is 0. The minimum atomic E-state index is -5.63. The van der Waals surface area contributed by atoms with Crippen LogP contribution in [0.15, 0.2) is 29.3 Å². The molecular formula is C18H4F12N2O2. The summed E-state index contributed by atoms with van der Waals surface area (Å²) in [6.07, 6.45) is -21.1. The summed E-state index contributed by atoms with van der Waals surface area (Å²) < 4.78 is 163. The fraction of sp³-hybridized carbons (Fsp3) is 0.222. The van der Waals surface area contributed by atoms with E-state index >= 15 is 0 Å². The Kier molecular flexibility index (Phi) is 5.66. The number of aliphatic imine (C=N–C) groups is 1. The maximum Gasteiger partial charge on any atom is 0.573 e. The highest BCUT2D eigenvalue weighted by Gasteiger charge is 2.44. The zero-order valence-electron chi connectivity index (χ0n) is 15.6. The van der Waals surface area contributed by atoms with Crippen LogP contribution >= 0.6 is 0 Å². The van der Waals surface area contributed by atoms with E-state index < -0.39 is 75.7 Å². The van der Waals surface area contributed by atoms with Crippen molar-refractivity contribution < 1.29 is 62.2 Å². The molecule has 3 rings (SSSR count). The van der Waals surface area contributed by atoms with Crippen LogP contribution in [-0.4, -0.2) is 18.4 Å². The van der Waals surface area contributed by atoms with Gasteiger partial charge in [0.2, 0.25) is 6.19 Å². The van der Waals surface area contributed by atoms with Gasteiger partial charge in [0.1, 0.15) is 11.5 Å². The average molecular weight is 508 g/mol. The first-order valence-electron chi connectivity index (χ1n) is 8.31. The molecule has 0 amide bonds. The highest BCUT2D eigenvalue weighted by Crippen LogP contribution is 2.49. The van der Waals surface area contributed by atoms with Crippen molar-refractivity contribution in [1.29, 1.82) is 5.26 Å². The lowest BCUT2D eigenvalue weighted by atomic mass is 10.0. The molecule has 0 fully saturated rings. The molecule has 2 aromatic carbocycles. The van der Waals surface area contributed by atoms with E-state index in [1.54, 1.807) is 0 Å². The molecule has 0 N–H and O–H groups in total. The first kappa shape index (κ1) is 25.0. The number of nitriles is 1. The molecule has 0 aromatic heterocycles.